The summed E-state index contributed by atoms with van der Waals surface area (Å²) in [5, 5.41) is 0. The summed E-state index contributed by atoms with van der Waals surface area (Å²) in [5.74, 6) is -0.0417. The van der Waals surface area contributed by atoms with Crippen LogP contribution >= 0.6 is 11.6 Å². The van der Waals surface area contributed by atoms with Gasteiger partial charge in [0.05, 0.1) is 6.42 Å². The topological polar surface area (TPSA) is 41.1 Å². The Morgan fingerprint density at radius 3 is 2.71 bits per heavy atom. The average molecular weight is 121 g/mol. The Kier molecular flexibility index (Phi) is 1.17. The number of hydrogen-bond acceptors (Lipinski definition) is 2. The van der Waals surface area contributed by atoms with Gasteiger partial charge in [0.15, 0.2) is 0 Å². The fraction of sp³-hybridized carbons (Fsp3) is 0.667. The maximum absolute atomic E-state index is 10.2. The highest BCUT2D eigenvalue weighted by atomic mass is 35.5. The van der Waals surface area contributed by atoms with E-state index in [0.717, 1.165) is 0 Å². The van der Waals surface area contributed by atoms with Crippen LogP contribution in [0.2, 0.25) is 0 Å². The predicted molar refractivity (Wildman–Crippen MR) is 25.5 cm³/mol. The molecule has 0 radical (unpaired) electrons. The number of alkyl halides is 1. The molecular weight excluding hydrogens is 115 g/mol. The molecule has 1 atom stereocenters. The van der Waals surface area contributed by atoms with Gasteiger partial charge in [0.25, 0.3) is 0 Å². The molecule has 0 saturated carbocycles. The molecule has 0 aliphatic carbocycles. The predicted octanol–water partition coefficient (Wildman–Crippen LogP) is -0.424. The Balaban J connectivity index is 2.40. The van der Waals surface area contributed by atoms with Crippen LogP contribution in [0.25, 0.3) is 0 Å². The Bertz CT molecular complexity index is 94.9. The monoisotopic (exact) mass is 120 g/mol. The van der Waals surface area contributed by atoms with Crippen molar-refractivity contribution in [2.24, 2.45) is 0 Å². The lowest BCUT2D eigenvalue weighted by Crippen LogP contribution is -2.28. The van der Waals surface area contributed by atoms with Gasteiger partial charge in [-0.25, -0.2) is 5.43 Å². The lowest BCUT2D eigenvalue weighted by Gasteiger charge is -1.90. The maximum atomic E-state index is 10.2. The summed E-state index contributed by atoms with van der Waals surface area (Å²) in [6.07, 6.45) is 0.377. The summed E-state index contributed by atoms with van der Waals surface area (Å²) in [6.45, 7) is 0. The summed E-state index contributed by atoms with van der Waals surface area (Å²) in [6, 6.07) is 0. The number of halogens is 1. The molecule has 1 fully saturated rings. The van der Waals surface area contributed by atoms with E-state index in [4.69, 9.17) is 11.6 Å². The van der Waals surface area contributed by atoms with E-state index in [1.807, 2.05) is 0 Å². The van der Waals surface area contributed by atoms with Crippen LogP contribution in [0, 0.1) is 0 Å². The van der Waals surface area contributed by atoms with Crippen molar-refractivity contribution in [2.45, 2.75) is 11.9 Å². The summed E-state index contributed by atoms with van der Waals surface area (Å²) in [7, 11) is 0. The number of carbonyl (C=O) groups excluding carboxylic acids is 1. The number of carbonyl (C=O) groups is 1. The Hall–Kier alpha value is -0.280. The number of hydrazine groups is 1. The smallest absolute Gasteiger partial charge is 0.237 e. The molecule has 1 aliphatic heterocycles. The molecule has 4 heteroatoms. The molecular formula is C3H5ClN2O. The van der Waals surface area contributed by atoms with Crippen molar-refractivity contribution in [3.8, 4) is 0 Å². The van der Waals surface area contributed by atoms with Crippen molar-refractivity contribution in [1.29, 1.82) is 0 Å². The first-order valence-corrected chi connectivity index (χ1v) is 2.41. The molecule has 1 saturated heterocycles. The lowest BCUT2D eigenvalue weighted by molar-refractivity contribution is -0.119. The third-order valence-electron chi connectivity index (χ3n) is 0.733. The van der Waals surface area contributed by atoms with Gasteiger partial charge in [0, 0.05) is 0 Å². The summed E-state index contributed by atoms with van der Waals surface area (Å²) in [4.78, 5) is 10.2. The molecule has 40 valence electrons. The van der Waals surface area contributed by atoms with Crippen molar-refractivity contribution < 1.29 is 4.79 Å². The fourth-order valence-electron chi connectivity index (χ4n) is 0.424. The van der Waals surface area contributed by atoms with Gasteiger partial charge in [-0.05, 0) is 0 Å². The van der Waals surface area contributed by atoms with Crippen LogP contribution < -0.4 is 10.9 Å². The van der Waals surface area contributed by atoms with E-state index in [2.05, 4.69) is 10.9 Å². The molecule has 0 aromatic rings. The second-order valence-corrected chi connectivity index (χ2v) is 1.89. The number of amides is 1. The minimum Gasteiger partial charge on any atom is -0.290 e. The summed E-state index contributed by atoms with van der Waals surface area (Å²) < 4.78 is 0. The molecule has 0 spiro atoms. The van der Waals surface area contributed by atoms with Crippen LogP contribution in [0.4, 0.5) is 0 Å². The molecule has 1 heterocycles. The van der Waals surface area contributed by atoms with E-state index in [9.17, 15) is 4.79 Å². The molecule has 0 aromatic heterocycles. The quantitative estimate of drug-likeness (QED) is 0.337. The van der Waals surface area contributed by atoms with Crippen LogP contribution in [0.5, 0.6) is 0 Å². The Morgan fingerprint density at radius 2 is 2.57 bits per heavy atom. The number of rotatable bonds is 0. The molecule has 1 aliphatic rings. The van der Waals surface area contributed by atoms with Crippen molar-refractivity contribution in [3.63, 3.8) is 0 Å². The zero-order valence-corrected chi connectivity index (χ0v) is 4.33. The van der Waals surface area contributed by atoms with Crippen molar-refractivity contribution >= 4 is 17.5 Å². The Labute approximate surface area is 46.0 Å². The van der Waals surface area contributed by atoms with Gasteiger partial charge in [-0.1, -0.05) is 0 Å². The molecule has 2 N–H and O–H groups in total. The van der Waals surface area contributed by atoms with Crippen molar-refractivity contribution in [1.82, 2.24) is 10.9 Å². The largest absolute Gasteiger partial charge is 0.290 e. The van der Waals surface area contributed by atoms with Gasteiger partial charge in [-0.3, -0.25) is 10.2 Å². The lowest BCUT2D eigenvalue weighted by atomic mass is 10.4. The van der Waals surface area contributed by atoms with Gasteiger partial charge < -0.3 is 0 Å². The van der Waals surface area contributed by atoms with Crippen LogP contribution in [0.15, 0.2) is 0 Å². The number of hydrogen-bond donors (Lipinski definition) is 2. The minimum absolute atomic E-state index is 0.0417. The van der Waals surface area contributed by atoms with E-state index in [1.54, 1.807) is 0 Å². The highest BCUT2D eigenvalue weighted by Gasteiger charge is 2.16. The van der Waals surface area contributed by atoms with Crippen LogP contribution in [0.3, 0.4) is 0 Å². The first-order chi connectivity index (χ1) is 3.29. The van der Waals surface area contributed by atoms with Crippen LogP contribution in [-0.2, 0) is 4.79 Å². The highest BCUT2D eigenvalue weighted by Crippen LogP contribution is 1.99. The first-order valence-electron chi connectivity index (χ1n) is 1.97. The van der Waals surface area contributed by atoms with Gasteiger partial charge in [0.1, 0.15) is 5.50 Å². The first kappa shape index (κ1) is 4.87. The molecule has 1 unspecified atom stereocenters. The van der Waals surface area contributed by atoms with Crippen molar-refractivity contribution in [3.05, 3.63) is 0 Å². The van der Waals surface area contributed by atoms with Gasteiger partial charge in [-0.15, -0.1) is 11.6 Å². The second-order valence-electron chi connectivity index (χ2n) is 1.36. The second kappa shape index (κ2) is 1.68. The number of nitrogens with one attached hydrogen (secondary N) is 2. The maximum Gasteiger partial charge on any atom is 0.237 e. The van der Waals surface area contributed by atoms with E-state index >= 15 is 0 Å². The van der Waals surface area contributed by atoms with Crippen molar-refractivity contribution in [2.75, 3.05) is 0 Å². The zero-order chi connectivity index (χ0) is 5.28. The van der Waals surface area contributed by atoms with Gasteiger partial charge in [0.2, 0.25) is 5.91 Å². The van der Waals surface area contributed by atoms with Gasteiger partial charge >= 0.3 is 0 Å². The minimum atomic E-state index is -0.215. The SMILES string of the molecule is O=C1CC(Cl)NN1. The zero-order valence-electron chi connectivity index (χ0n) is 3.57. The fourth-order valence-corrected chi connectivity index (χ4v) is 0.618. The molecule has 3 nitrogen and oxygen atoms in total. The summed E-state index contributed by atoms with van der Waals surface area (Å²) in [5.41, 5.74) is 4.67. The third kappa shape index (κ3) is 1.04. The third-order valence-corrected chi connectivity index (χ3v) is 0.996. The summed E-state index contributed by atoms with van der Waals surface area (Å²) >= 11 is 5.41. The normalized spacial score (nSPS) is 30.4. The van der Waals surface area contributed by atoms with E-state index in [0.29, 0.717) is 6.42 Å². The van der Waals surface area contributed by atoms with Gasteiger partial charge in [-0.2, -0.15) is 0 Å². The Morgan fingerprint density at radius 1 is 1.86 bits per heavy atom. The van der Waals surface area contributed by atoms with Crippen LogP contribution in [0.1, 0.15) is 6.42 Å². The standard InChI is InChI=1S/C3H5ClN2O/c4-2-1-3(7)6-5-2/h2,5H,1H2,(H,6,7). The van der Waals surface area contributed by atoms with E-state index < -0.39 is 0 Å². The highest BCUT2D eigenvalue weighted by molar-refractivity contribution is 6.22. The molecule has 1 rings (SSSR count). The molecule has 1 amide bonds. The molecule has 0 bridgehead atoms. The van der Waals surface area contributed by atoms with E-state index in [-0.39, 0.29) is 11.4 Å². The molecule has 0 aromatic carbocycles. The average Bonchev–Trinajstić information content (AvgIpc) is 1.87. The molecule has 7 heavy (non-hydrogen) atoms. The van der Waals surface area contributed by atoms with Crippen LogP contribution in [-0.4, -0.2) is 11.4 Å². The van der Waals surface area contributed by atoms with E-state index in [1.165, 1.54) is 0 Å².